The number of esters is 2. The highest BCUT2D eigenvalue weighted by molar-refractivity contribution is 5.89. The molecule has 0 N–H and O–H groups in total. The van der Waals surface area contributed by atoms with E-state index < -0.39 is 18.0 Å². The lowest BCUT2D eigenvalue weighted by atomic mass is 10.1. The summed E-state index contributed by atoms with van der Waals surface area (Å²) in [5.41, 5.74) is -0.387. The zero-order chi connectivity index (χ0) is 14.6. The molecule has 0 fully saturated rings. The predicted molar refractivity (Wildman–Crippen MR) is 65.5 cm³/mol. The smallest absolute Gasteiger partial charge is 0.359 e. The summed E-state index contributed by atoms with van der Waals surface area (Å²) in [6.45, 7) is 3.45. The van der Waals surface area contributed by atoms with Crippen molar-refractivity contribution >= 4 is 11.9 Å². The first-order valence-electron chi connectivity index (χ1n) is 5.70. The monoisotopic (exact) mass is 268 g/mol. The predicted octanol–water partition coefficient (Wildman–Crippen LogP) is 0.135. The van der Waals surface area contributed by atoms with Gasteiger partial charge in [0.25, 0.3) is 5.56 Å². The van der Waals surface area contributed by atoms with Crippen LogP contribution in [-0.4, -0.2) is 34.9 Å². The van der Waals surface area contributed by atoms with Crippen LogP contribution in [-0.2, 0) is 21.3 Å². The van der Waals surface area contributed by atoms with Gasteiger partial charge in [-0.25, -0.2) is 14.3 Å². The highest BCUT2D eigenvalue weighted by atomic mass is 16.6. The summed E-state index contributed by atoms with van der Waals surface area (Å²) in [4.78, 5) is 34.5. The Hall–Kier alpha value is -2.18. The Morgan fingerprint density at radius 2 is 1.95 bits per heavy atom. The molecule has 1 rings (SSSR count). The van der Waals surface area contributed by atoms with Crippen LogP contribution in [0, 0.1) is 5.92 Å². The molecule has 104 valence electrons. The maximum Gasteiger partial charge on any atom is 0.359 e. The van der Waals surface area contributed by atoms with Crippen LogP contribution in [0.15, 0.2) is 16.9 Å². The van der Waals surface area contributed by atoms with Gasteiger partial charge in [-0.15, -0.1) is 0 Å². The van der Waals surface area contributed by atoms with Crippen molar-refractivity contribution in [3.8, 4) is 0 Å². The lowest BCUT2D eigenvalue weighted by molar-refractivity contribution is -0.153. The number of aryl methyl sites for hydroxylation is 1. The van der Waals surface area contributed by atoms with Crippen LogP contribution in [0.1, 0.15) is 24.3 Å². The lowest BCUT2D eigenvalue weighted by Gasteiger charge is -2.18. The summed E-state index contributed by atoms with van der Waals surface area (Å²) in [5, 5.41) is 3.75. The van der Waals surface area contributed by atoms with E-state index in [-0.39, 0.29) is 17.2 Å². The number of carbonyl (C=O) groups excluding carboxylic acids is 2. The first-order chi connectivity index (χ1) is 8.86. The minimum Gasteiger partial charge on any atom is -0.466 e. The molecule has 0 aliphatic rings. The minimum atomic E-state index is -1.00. The largest absolute Gasteiger partial charge is 0.466 e. The lowest BCUT2D eigenvalue weighted by Crippen LogP contribution is -2.34. The summed E-state index contributed by atoms with van der Waals surface area (Å²) in [6, 6.07) is 2.45. The fraction of sp³-hybridized carbons (Fsp3) is 0.500. The summed E-state index contributed by atoms with van der Waals surface area (Å²) in [6.07, 6.45) is -1.00. The number of ether oxygens (including phenoxy) is 2. The second-order valence-electron chi connectivity index (χ2n) is 4.27. The molecular weight excluding hydrogens is 252 g/mol. The molecule has 0 aromatic carbocycles. The fourth-order valence-corrected chi connectivity index (χ4v) is 1.36. The van der Waals surface area contributed by atoms with Gasteiger partial charge >= 0.3 is 11.9 Å². The van der Waals surface area contributed by atoms with Crippen LogP contribution in [0.4, 0.5) is 0 Å². The molecule has 1 atom stereocenters. The summed E-state index contributed by atoms with van der Waals surface area (Å²) >= 11 is 0. The van der Waals surface area contributed by atoms with E-state index in [2.05, 4.69) is 9.84 Å². The highest BCUT2D eigenvalue weighted by Crippen LogP contribution is 2.10. The molecular formula is C12H16N2O5. The maximum atomic E-state index is 11.8. The molecule has 0 saturated heterocycles. The van der Waals surface area contributed by atoms with Gasteiger partial charge in [0.05, 0.1) is 7.11 Å². The Labute approximate surface area is 110 Å². The zero-order valence-electron chi connectivity index (χ0n) is 11.2. The van der Waals surface area contributed by atoms with E-state index in [4.69, 9.17) is 4.74 Å². The van der Waals surface area contributed by atoms with Gasteiger partial charge < -0.3 is 9.47 Å². The molecule has 1 aromatic rings. The van der Waals surface area contributed by atoms with Crippen LogP contribution in [0.25, 0.3) is 0 Å². The molecule has 19 heavy (non-hydrogen) atoms. The molecule has 7 nitrogen and oxygen atoms in total. The number of methoxy groups -OCH3 is 1. The average Bonchev–Trinajstić information content (AvgIpc) is 2.37. The standard InChI is InChI=1S/C12H16N2O5/c1-7(2)10(12(17)18-4)19-11(16)8-5-6-9(15)14(3)13-8/h5-7,10H,1-4H3. The number of rotatable bonds is 4. The Bertz CT molecular complexity index is 535. The van der Waals surface area contributed by atoms with Gasteiger partial charge in [0.1, 0.15) is 0 Å². The molecule has 0 saturated carbocycles. The van der Waals surface area contributed by atoms with Crippen LogP contribution in [0.3, 0.4) is 0 Å². The Morgan fingerprint density at radius 3 is 2.42 bits per heavy atom. The summed E-state index contributed by atoms with van der Waals surface area (Å²) in [7, 11) is 2.63. The van der Waals surface area contributed by atoms with E-state index in [1.165, 1.54) is 26.3 Å². The molecule has 7 heteroatoms. The van der Waals surface area contributed by atoms with Crippen LogP contribution >= 0.6 is 0 Å². The van der Waals surface area contributed by atoms with Crippen molar-refractivity contribution < 1.29 is 19.1 Å². The van der Waals surface area contributed by atoms with Gasteiger partial charge in [0.15, 0.2) is 5.69 Å². The van der Waals surface area contributed by atoms with Crippen molar-refractivity contribution in [1.29, 1.82) is 0 Å². The number of hydrogen-bond donors (Lipinski definition) is 0. The highest BCUT2D eigenvalue weighted by Gasteiger charge is 2.28. The van der Waals surface area contributed by atoms with Crippen LogP contribution in [0.2, 0.25) is 0 Å². The molecule has 0 spiro atoms. The Kier molecular flexibility index (Phi) is 4.80. The SMILES string of the molecule is COC(=O)C(OC(=O)c1ccc(=O)n(C)n1)C(C)C. The summed E-state index contributed by atoms with van der Waals surface area (Å²) < 4.78 is 10.6. The van der Waals surface area contributed by atoms with Crippen LogP contribution in [0.5, 0.6) is 0 Å². The molecule has 0 aliphatic carbocycles. The van der Waals surface area contributed by atoms with E-state index in [9.17, 15) is 14.4 Å². The van der Waals surface area contributed by atoms with Crippen molar-refractivity contribution in [3.63, 3.8) is 0 Å². The topological polar surface area (TPSA) is 87.5 Å². The van der Waals surface area contributed by atoms with Gasteiger partial charge in [-0.2, -0.15) is 5.10 Å². The molecule has 0 aliphatic heterocycles. The van der Waals surface area contributed by atoms with Crippen molar-refractivity contribution in [2.75, 3.05) is 7.11 Å². The molecule has 0 bridgehead atoms. The third-order valence-electron chi connectivity index (χ3n) is 2.44. The Morgan fingerprint density at radius 1 is 1.32 bits per heavy atom. The fourth-order valence-electron chi connectivity index (χ4n) is 1.36. The number of aromatic nitrogens is 2. The third-order valence-corrected chi connectivity index (χ3v) is 2.44. The quantitative estimate of drug-likeness (QED) is 0.721. The van der Waals surface area contributed by atoms with Gasteiger partial charge in [-0.1, -0.05) is 13.8 Å². The van der Waals surface area contributed by atoms with Crippen LogP contribution < -0.4 is 5.56 Å². The van der Waals surface area contributed by atoms with E-state index in [0.717, 1.165) is 4.68 Å². The zero-order valence-corrected chi connectivity index (χ0v) is 11.2. The normalized spacial score (nSPS) is 12.1. The molecule has 1 unspecified atom stereocenters. The average molecular weight is 268 g/mol. The number of hydrogen-bond acceptors (Lipinski definition) is 6. The van der Waals surface area contributed by atoms with E-state index in [0.29, 0.717) is 0 Å². The van der Waals surface area contributed by atoms with E-state index in [1.54, 1.807) is 13.8 Å². The van der Waals surface area contributed by atoms with Crippen molar-refractivity contribution in [2.45, 2.75) is 20.0 Å². The molecule has 1 aromatic heterocycles. The van der Waals surface area contributed by atoms with Gasteiger partial charge in [-0.05, 0) is 6.07 Å². The summed E-state index contributed by atoms with van der Waals surface area (Å²) in [5.74, 6) is -1.64. The second kappa shape index (κ2) is 6.12. The van der Waals surface area contributed by atoms with Crippen molar-refractivity contribution in [3.05, 3.63) is 28.2 Å². The Balaban J connectivity index is 2.90. The van der Waals surface area contributed by atoms with Gasteiger partial charge in [0, 0.05) is 19.0 Å². The molecule has 0 radical (unpaired) electrons. The van der Waals surface area contributed by atoms with Crippen molar-refractivity contribution in [1.82, 2.24) is 9.78 Å². The first kappa shape index (κ1) is 14.9. The second-order valence-corrected chi connectivity index (χ2v) is 4.27. The van der Waals surface area contributed by atoms with Gasteiger partial charge in [0.2, 0.25) is 6.10 Å². The molecule has 0 amide bonds. The van der Waals surface area contributed by atoms with E-state index >= 15 is 0 Å². The maximum absolute atomic E-state index is 11.8. The minimum absolute atomic E-state index is 0.0448. The van der Waals surface area contributed by atoms with Crippen molar-refractivity contribution in [2.24, 2.45) is 13.0 Å². The number of carbonyl (C=O) groups is 2. The number of nitrogens with zero attached hydrogens (tertiary/aromatic N) is 2. The van der Waals surface area contributed by atoms with E-state index in [1.807, 2.05) is 0 Å². The third kappa shape index (κ3) is 3.64. The molecule has 1 heterocycles. The van der Waals surface area contributed by atoms with Gasteiger partial charge in [-0.3, -0.25) is 4.79 Å². The first-order valence-corrected chi connectivity index (χ1v) is 5.70.